The fraction of sp³-hybridized carbons (Fsp3) is 0.312. The van der Waals surface area contributed by atoms with Gasteiger partial charge in [0.05, 0.1) is 11.6 Å². The molecule has 0 unspecified atom stereocenters. The first-order chi connectivity index (χ1) is 11.5. The number of ether oxygens (including phenoxy) is 2. The fourth-order valence-electron chi connectivity index (χ4n) is 2.12. The summed E-state index contributed by atoms with van der Waals surface area (Å²) in [6.07, 6.45) is 1.60. The molecule has 2 rings (SSSR count). The third kappa shape index (κ3) is 4.56. The molecule has 0 spiro atoms. The summed E-state index contributed by atoms with van der Waals surface area (Å²) < 4.78 is 10.4. The second-order valence-electron chi connectivity index (χ2n) is 4.94. The number of carboxylic acids is 1. The zero-order valence-electron chi connectivity index (χ0n) is 13.1. The Kier molecular flexibility index (Phi) is 6.34. The number of nitrogens with zero attached hydrogens (tertiary/aromatic N) is 2. The molecule has 1 amide bonds. The second-order valence-corrected chi connectivity index (χ2v) is 5.34. The van der Waals surface area contributed by atoms with Gasteiger partial charge in [0.15, 0.2) is 6.61 Å². The Morgan fingerprint density at radius 1 is 1.33 bits per heavy atom. The molecule has 24 heavy (non-hydrogen) atoms. The number of carboxylic acid groups (broad SMARTS) is 1. The van der Waals surface area contributed by atoms with Gasteiger partial charge in [0, 0.05) is 25.2 Å². The Morgan fingerprint density at radius 3 is 2.83 bits per heavy atom. The molecule has 0 aliphatic rings. The van der Waals surface area contributed by atoms with E-state index in [1.807, 2.05) is 0 Å². The van der Waals surface area contributed by atoms with Gasteiger partial charge in [-0.2, -0.15) is 0 Å². The van der Waals surface area contributed by atoms with Crippen molar-refractivity contribution in [3.05, 3.63) is 35.5 Å². The summed E-state index contributed by atoms with van der Waals surface area (Å²) in [7, 11) is 1.48. The van der Waals surface area contributed by atoms with E-state index in [1.54, 1.807) is 30.5 Å². The van der Waals surface area contributed by atoms with Crippen LogP contribution in [-0.4, -0.2) is 60.3 Å². The molecule has 0 radical (unpaired) electrons. The topological polar surface area (TPSA) is 89.0 Å². The number of benzene rings is 1. The van der Waals surface area contributed by atoms with Gasteiger partial charge in [0.25, 0.3) is 5.91 Å². The second kappa shape index (κ2) is 8.47. The van der Waals surface area contributed by atoms with Crippen LogP contribution in [0.25, 0.3) is 10.9 Å². The number of carbonyl (C=O) groups excluding carboxylic acids is 1. The van der Waals surface area contributed by atoms with Crippen molar-refractivity contribution in [2.24, 2.45) is 0 Å². The van der Waals surface area contributed by atoms with Crippen LogP contribution in [0.1, 0.15) is 0 Å². The average Bonchev–Trinajstić information content (AvgIpc) is 2.57. The summed E-state index contributed by atoms with van der Waals surface area (Å²) in [5.74, 6) is -1.14. The van der Waals surface area contributed by atoms with Crippen LogP contribution in [-0.2, 0) is 14.3 Å². The molecule has 0 bridgehead atoms. The van der Waals surface area contributed by atoms with E-state index in [0.717, 1.165) is 4.90 Å². The maximum Gasteiger partial charge on any atom is 0.323 e. The molecule has 2 aromatic rings. The smallest absolute Gasteiger partial charge is 0.323 e. The molecule has 1 aromatic heterocycles. The molecule has 1 aromatic carbocycles. The molecule has 0 fully saturated rings. The highest BCUT2D eigenvalue weighted by atomic mass is 35.5. The lowest BCUT2D eigenvalue weighted by Crippen LogP contribution is -2.40. The van der Waals surface area contributed by atoms with E-state index in [-0.39, 0.29) is 19.8 Å². The Morgan fingerprint density at radius 2 is 2.12 bits per heavy atom. The van der Waals surface area contributed by atoms with Crippen LogP contribution in [0.2, 0.25) is 5.02 Å². The number of hydrogen-bond donors (Lipinski definition) is 1. The first-order valence-electron chi connectivity index (χ1n) is 7.17. The van der Waals surface area contributed by atoms with E-state index in [4.69, 9.17) is 26.2 Å². The van der Waals surface area contributed by atoms with Crippen molar-refractivity contribution >= 4 is 34.4 Å². The highest BCUT2D eigenvalue weighted by Crippen LogP contribution is 2.29. The van der Waals surface area contributed by atoms with E-state index < -0.39 is 18.4 Å². The number of aliphatic carboxylic acids is 1. The zero-order chi connectivity index (χ0) is 17.5. The van der Waals surface area contributed by atoms with E-state index >= 15 is 0 Å². The Labute approximate surface area is 143 Å². The molecular formula is C16H17ClN2O5. The van der Waals surface area contributed by atoms with Crippen LogP contribution in [0.4, 0.5) is 0 Å². The maximum atomic E-state index is 12.2. The van der Waals surface area contributed by atoms with Gasteiger partial charge in [-0.1, -0.05) is 11.6 Å². The van der Waals surface area contributed by atoms with Crippen molar-refractivity contribution < 1.29 is 24.2 Å². The number of rotatable bonds is 8. The Hall–Kier alpha value is -2.38. The van der Waals surface area contributed by atoms with Gasteiger partial charge >= 0.3 is 5.97 Å². The first-order valence-corrected chi connectivity index (χ1v) is 7.55. The van der Waals surface area contributed by atoms with Crippen LogP contribution in [0.3, 0.4) is 0 Å². The minimum atomic E-state index is -1.10. The van der Waals surface area contributed by atoms with Gasteiger partial charge in [0.2, 0.25) is 0 Å². The highest BCUT2D eigenvalue weighted by Gasteiger charge is 2.18. The molecule has 0 atom stereocenters. The third-order valence-electron chi connectivity index (χ3n) is 3.27. The van der Waals surface area contributed by atoms with Gasteiger partial charge in [-0.15, -0.1) is 0 Å². The minimum absolute atomic E-state index is 0.171. The lowest BCUT2D eigenvalue weighted by molar-refractivity contribution is -0.145. The number of carbonyl (C=O) groups is 2. The number of halogens is 1. The van der Waals surface area contributed by atoms with Gasteiger partial charge < -0.3 is 19.5 Å². The van der Waals surface area contributed by atoms with E-state index in [0.29, 0.717) is 21.7 Å². The third-order valence-corrected chi connectivity index (χ3v) is 3.60. The average molecular weight is 353 g/mol. The summed E-state index contributed by atoms with van der Waals surface area (Å²) in [5.41, 5.74) is 0.541. The van der Waals surface area contributed by atoms with Crippen molar-refractivity contribution in [3.63, 3.8) is 0 Å². The van der Waals surface area contributed by atoms with Gasteiger partial charge in [-0.25, -0.2) is 0 Å². The summed E-state index contributed by atoms with van der Waals surface area (Å²) >= 11 is 6.11. The van der Waals surface area contributed by atoms with E-state index in [1.165, 1.54) is 7.11 Å². The van der Waals surface area contributed by atoms with Crippen molar-refractivity contribution in [1.29, 1.82) is 0 Å². The molecule has 0 aliphatic heterocycles. The van der Waals surface area contributed by atoms with Crippen molar-refractivity contribution in [2.75, 3.05) is 33.4 Å². The molecule has 8 heteroatoms. The molecule has 7 nitrogen and oxygen atoms in total. The number of pyridine rings is 1. The van der Waals surface area contributed by atoms with Crippen molar-refractivity contribution in [1.82, 2.24) is 9.88 Å². The first kappa shape index (κ1) is 18.0. The largest absolute Gasteiger partial charge is 0.481 e. The van der Waals surface area contributed by atoms with Gasteiger partial charge in [-0.05, 0) is 24.3 Å². The Bertz CT molecular complexity index is 737. The molecule has 0 saturated carbocycles. The van der Waals surface area contributed by atoms with Crippen LogP contribution in [0.5, 0.6) is 5.75 Å². The number of fused-ring (bicyclic) bond motifs is 1. The number of hydrogen-bond acceptors (Lipinski definition) is 5. The van der Waals surface area contributed by atoms with Crippen molar-refractivity contribution in [2.45, 2.75) is 0 Å². The Balaban J connectivity index is 2.10. The standard InChI is InChI=1S/C16H17ClN2O5/c1-23-8-7-19(9-15(21)22)14(20)10-24-13-5-4-12(17)11-3-2-6-18-16(11)13/h2-6H,7-10H2,1H3,(H,21,22). The van der Waals surface area contributed by atoms with Crippen LogP contribution >= 0.6 is 11.6 Å². The number of amides is 1. The van der Waals surface area contributed by atoms with Gasteiger partial charge in [0.1, 0.15) is 17.8 Å². The maximum absolute atomic E-state index is 12.2. The van der Waals surface area contributed by atoms with Gasteiger partial charge in [-0.3, -0.25) is 14.6 Å². The molecule has 0 saturated heterocycles. The van der Waals surface area contributed by atoms with Crippen molar-refractivity contribution in [3.8, 4) is 5.75 Å². The zero-order valence-corrected chi connectivity index (χ0v) is 13.8. The lowest BCUT2D eigenvalue weighted by Gasteiger charge is -2.20. The summed E-state index contributed by atoms with van der Waals surface area (Å²) in [6.45, 7) is -0.301. The summed E-state index contributed by atoms with van der Waals surface area (Å²) in [5, 5.41) is 10.1. The SMILES string of the molecule is COCCN(CC(=O)O)C(=O)COc1ccc(Cl)c2cccnc12. The molecule has 0 aliphatic carbocycles. The van der Waals surface area contributed by atoms with E-state index in [2.05, 4.69) is 4.98 Å². The number of aromatic nitrogens is 1. The molecular weight excluding hydrogens is 336 g/mol. The molecule has 1 N–H and O–H groups in total. The minimum Gasteiger partial charge on any atom is -0.481 e. The predicted octanol–water partition coefficient (Wildman–Crippen LogP) is 1.83. The quantitative estimate of drug-likeness (QED) is 0.779. The van der Waals surface area contributed by atoms with Crippen LogP contribution in [0, 0.1) is 0 Å². The highest BCUT2D eigenvalue weighted by molar-refractivity contribution is 6.35. The van der Waals surface area contributed by atoms with Crippen LogP contribution < -0.4 is 4.74 Å². The van der Waals surface area contributed by atoms with E-state index in [9.17, 15) is 9.59 Å². The van der Waals surface area contributed by atoms with Crippen LogP contribution in [0.15, 0.2) is 30.5 Å². The molecule has 1 heterocycles. The normalized spacial score (nSPS) is 10.6. The number of methoxy groups -OCH3 is 1. The summed E-state index contributed by atoms with van der Waals surface area (Å²) in [6, 6.07) is 6.84. The predicted molar refractivity (Wildman–Crippen MR) is 88.3 cm³/mol. The summed E-state index contributed by atoms with van der Waals surface area (Å²) in [4.78, 5) is 28.4. The fourth-order valence-corrected chi connectivity index (χ4v) is 2.33. The lowest BCUT2D eigenvalue weighted by atomic mass is 10.2. The molecule has 128 valence electrons. The monoisotopic (exact) mass is 352 g/mol.